The molecule has 2 atom stereocenters. The number of hydrogen-bond acceptors (Lipinski definition) is 7. The highest BCUT2D eigenvalue weighted by Crippen LogP contribution is 2.39. The highest BCUT2D eigenvalue weighted by molar-refractivity contribution is 8.00. The van der Waals surface area contributed by atoms with E-state index in [1.165, 1.54) is 11.8 Å². The number of fused-ring (bicyclic) bond motifs is 1. The van der Waals surface area contributed by atoms with Gasteiger partial charge in [-0.25, -0.2) is 4.68 Å². The van der Waals surface area contributed by atoms with Gasteiger partial charge >= 0.3 is 0 Å². The Hall–Kier alpha value is -3.98. The van der Waals surface area contributed by atoms with Gasteiger partial charge in [-0.05, 0) is 29.8 Å². The molecule has 2 heterocycles. The SMILES string of the molecule is COc1ccc([C@@H]2Nn3c(nnc3-c3ccccc3)S[C@H]2C(=O)Nc2ccccc2OC)cc1. The van der Waals surface area contributed by atoms with E-state index in [0.717, 1.165) is 16.9 Å². The van der Waals surface area contributed by atoms with Gasteiger partial charge in [-0.2, -0.15) is 0 Å². The van der Waals surface area contributed by atoms with Gasteiger partial charge in [0.15, 0.2) is 5.82 Å². The van der Waals surface area contributed by atoms with Crippen LogP contribution in [0.5, 0.6) is 11.5 Å². The highest BCUT2D eigenvalue weighted by atomic mass is 32.2. The maximum atomic E-state index is 13.5. The Morgan fingerprint density at radius 3 is 2.41 bits per heavy atom. The van der Waals surface area contributed by atoms with Crippen molar-refractivity contribution in [3.05, 3.63) is 84.4 Å². The smallest absolute Gasteiger partial charge is 0.240 e. The molecule has 1 aliphatic heterocycles. The molecule has 1 amide bonds. The van der Waals surface area contributed by atoms with Gasteiger partial charge in [-0.3, -0.25) is 4.79 Å². The van der Waals surface area contributed by atoms with Gasteiger partial charge in [0.2, 0.25) is 11.1 Å². The number of nitrogens with zero attached hydrogens (tertiary/aromatic N) is 3. The van der Waals surface area contributed by atoms with Gasteiger partial charge < -0.3 is 20.2 Å². The summed E-state index contributed by atoms with van der Waals surface area (Å²) in [5, 5.41) is 11.9. The standard InChI is InChI=1S/C25H23N5O3S/c1-32-18-14-12-16(13-15-18)21-22(24(31)26-19-10-6-7-11-20(19)33-2)34-25-28-27-23(30(25)29-21)17-8-4-3-5-9-17/h3-15,21-22,29H,1-2H3,(H,26,31)/t21-,22+/m0/s1. The summed E-state index contributed by atoms with van der Waals surface area (Å²) in [5.74, 6) is 1.86. The van der Waals surface area contributed by atoms with E-state index >= 15 is 0 Å². The Labute approximate surface area is 201 Å². The summed E-state index contributed by atoms with van der Waals surface area (Å²) in [5.41, 5.74) is 5.96. The summed E-state index contributed by atoms with van der Waals surface area (Å²) < 4.78 is 12.6. The third kappa shape index (κ3) is 4.17. The number of thioether (sulfide) groups is 1. The molecule has 0 bridgehead atoms. The van der Waals surface area contributed by atoms with E-state index in [-0.39, 0.29) is 11.9 Å². The summed E-state index contributed by atoms with van der Waals surface area (Å²) in [7, 11) is 3.21. The topological polar surface area (TPSA) is 90.3 Å². The molecule has 0 spiro atoms. The van der Waals surface area contributed by atoms with E-state index in [1.54, 1.807) is 14.2 Å². The summed E-state index contributed by atoms with van der Waals surface area (Å²) >= 11 is 1.37. The van der Waals surface area contributed by atoms with Crippen molar-refractivity contribution in [2.75, 3.05) is 25.0 Å². The number of carbonyl (C=O) groups excluding carboxylic acids is 1. The predicted molar refractivity (Wildman–Crippen MR) is 132 cm³/mol. The Bertz CT molecular complexity index is 1290. The Morgan fingerprint density at radius 2 is 1.68 bits per heavy atom. The fraction of sp³-hybridized carbons (Fsp3) is 0.160. The van der Waals surface area contributed by atoms with Crippen LogP contribution in [0.1, 0.15) is 11.6 Å². The quantitative estimate of drug-likeness (QED) is 0.430. The zero-order chi connectivity index (χ0) is 23.5. The fourth-order valence-electron chi connectivity index (χ4n) is 3.84. The number of methoxy groups -OCH3 is 2. The first-order valence-corrected chi connectivity index (χ1v) is 11.6. The van der Waals surface area contributed by atoms with Gasteiger partial charge in [0.05, 0.1) is 25.9 Å². The van der Waals surface area contributed by atoms with Gasteiger partial charge in [-0.15, -0.1) is 10.2 Å². The molecular formula is C25H23N5O3S. The predicted octanol–water partition coefficient (Wildman–Crippen LogP) is 4.36. The van der Waals surface area contributed by atoms with Gasteiger partial charge in [0.25, 0.3) is 0 Å². The van der Waals surface area contributed by atoms with Crippen LogP contribution < -0.4 is 20.2 Å². The molecule has 5 rings (SSSR count). The lowest BCUT2D eigenvalue weighted by Gasteiger charge is -2.33. The molecule has 8 nitrogen and oxygen atoms in total. The monoisotopic (exact) mass is 473 g/mol. The average Bonchev–Trinajstić information content (AvgIpc) is 3.32. The van der Waals surface area contributed by atoms with Gasteiger partial charge in [0, 0.05) is 5.56 Å². The highest BCUT2D eigenvalue weighted by Gasteiger charge is 2.38. The number of carbonyl (C=O) groups is 1. The zero-order valence-corrected chi connectivity index (χ0v) is 19.5. The number of anilines is 1. The van der Waals surface area contributed by atoms with E-state index in [9.17, 15) is 4.79 Å². The molecule has 1 aliphatic rings. The van der Waals surface area contributed by atoms with Crippen molar-refractivity contribution in [3.8, 4) is 22.9 Å². The molecule has 0 unspecified atom stereocenters. The molecule has 0 radical (unpaired) electrons. The minimum Gasteiger partial charge on any atom is -0.497 e. The third-order valence-corrected chi connectivity index (χ3v) is 6.78. The number of benzene rings is 3. The molecule has 0 fully saturated rings. The van der Waals surface area contributed by atoms with Crippen LogP contribution in [-0.4, -0.2) is 40.3 Å². The Balaban J connectivity index is 1.51. The van der Waals surface area contributed by atoms with Crippen molar-refractivity contribution in [2.45, 2.75) is 16.4 Å². The van der Waals surface area contributed by atoms with Crippen molar-refractivity contribution in [1.29, 1.82) is 0 Å². The maximum Gasteiger partial charge on any atom is 0.240 e. The number of aromatic nitrogens is 3. The molecule has 1 aromatic heterocycles. The van der Waals surface area contributed by atoms with Crippen LogP contribution in [0.25, 0.3) is 11.4 Å². The average molecular weight is 474 g/mol. The Kier molecular flexibility index (Phi) is 6.09. The van der Waals surface area contributed by atoms with Crippen LogP contribution >= 0.6 is 11.8 Å². The van der Waals surface area contributed by atoms with Crippen LogP contribution in [0.2, 0.25) is 0 Å². The molecule has 0 saturated carbocycles. The first kappa shape index (κ1) is 21.8. The molecule has 9 heteroatoms. The maximum absolute atomic E-state index is 13.5. The first-order valence-electron chi connectivity index (χ1n) is 10.7. The summed E-state index contributed by atoms with van der Waals surface area (Å²) in [4.78, 5) is 13.5. The number of rotatable bonds is 6. The minimum absolute atomic E-state index is 0.168. The van der Waals surface area contributed by atoms with E-state index < -0.39 is 5.25 Å². The summed E-state index contributed by atoms with van der Waals surface area (Å²) in [6.45, 7) is 0. The molecule has 34 heavy (non-hydrogen) atoms. The van der Waals surface area contributed by atoms with Gasteiger partial charge in [-0.1, -0.05) is 66.4 Å². The lowest BCUT2D eigenvalue weighted by atomic mass is 10.0. The largest absolute Gasteiger partial charge is 0.497 e. The van der Waals surface area contributed by atoms with Crippen LogP contribution in [0.3, 0.4) is 0 Å². The second-order valence-corrected chi connectivity index (χ2v) is 8.72. The van der Waals surface area contributed by atoms with Crippen molar-refractivity contribution in [3.63, 3.8) is 0 Å². The zero-order valence-electron chi connectivity index (χ0n) is 18.6. The van der Waals surface area contributed by atoms with E-state index in [0.29, 0.717) is 22.4 Å². The number of para-hydroxylation sites is 2. The normalized spacial score (nSPS) is 16.8. The molecule has 0 aliphatic carbocycles. The van der Waals surface area contributed by atoms with E-state index in [4.69, 9.17) is 9.47 Å². The van der Waals surface area contributed by atoms with E-state index in [1.807, 2.05) is 83.5 Å². The number of ether oxygens (including phenoxy) is 2. The van der Waals surface area contributed by atoms with Crippen molar-refractivity contribution in [1.82, 2.24) is 14.9 Å². The molecule has 172 valence electrons. The number of hydrogen-bond donors (Lipinski definition) is 2. The second-order valence-electron chi connectivity index (χ2n) is 7.62. The lowest BCUT2D eigenvalue weighted by Crippen LogP contribution is -2.41. The van der Waals surface area contributed by atoms with Crippen molar-refractivity contribution < 1.29 is 14.3 Å². The lowest BCUT2D eigenvalue weighted by molar-refractivity contribution is -0.116. The summed E-state index contributed by atoms with van der Waals surface area (Å²) in [6, 6.07) is 24.5. The van der Waals surface area contributed by atoms with Crippen LogP contribution in [0, 0.1) is 0 Å². The Morgan fingerprint density at radius 1 is 0.941 bits per heavy atom. The second kappa shape index (κ2) is 9.48. The molecule has 4 aromatic rings. The third-order valence-electron chi connectivity index (χ3n) is 5.57. The van der Waals surface area contributed by atoms with Gasteiger partial charge in [0.1, 0.15) is 16.7 Å². The van der Waals surface area contributed by atoms with Crippen LogP contribution in [0.4, 0.5) is 5.69 Å². The molecule has 3 aromatic carbocycles. The number of amides is 1. The minimum atomic E-state index is -0.515. The van der Waals surface area contributed by atoms with Crippen LogP contribution in [0.15, 0.2) is 84.0 Å². The molecular weight excluding hydrogens is 450 g/mol. The van der Waals surface area contributed by atoms with Crippen LogP contribution in [-0.2, 0) is 4.79 Å². The van der Waals surface area contributed by atoms with Crippen molar-refractivity contribution >= 4 is 23.4 Å². The first-order chi connectivity index (χ1) is 16.7. The number of nitrogens with one attached hydrogen (secondary N) is 2. The van der Waals surface area contributed by atoms with Crippen molar-refractivity contribution in [2.24, 2.45) is 0 Å². The molecule has 0 saturated heterocycles. The van der Waals surface area contributed by atoms with E-state index in [2.05, 4.69) is 20.9 Å². The summed E-state index contributed by atoms with van der Waals surface area (Å²) in [6.07, 6.45) is 0. The molecule has 2 N–H and O–H groups in total. The fourth-order valence-corrected chi connectivity index (χ4v) is 4.92.